The van der Waals surface area contributed by atoms with Crippen molar-refractivity contribution in [3.63, 3.8) is 0 Å². The monoisotopic (exact) mass is 278 g/mol. The Morgan fingerprint density at radius 1 is 0.950 bits per heavy atom. The van der Waals surface area contributed by atoms with Crippen LogP contribution in [0.3, 0.4) is 0 Å². The maximum absolute atomic E-state index is 6.03. The Bertz CT molecular complexity index is 447. The van der Waals surface area contributed by atoms with Gasteiger partial charge in [-0.2, -0.15) is 0 Å². The Hall–Kier alpha value is -1.20. The summed E-state index contributed by atoms with van der Waals surface area (Å²) in [4.78, 5) is 0. The standard InChI is InChI=1S/C15H23BO4/c1-14(2)15(3,4)20-16(19-14)10-11-12(17-5)8-7-9-13(11)18-6/h7-9H,10H2,1-6H3. The lowest BCUT2D eigenvalue weighted by Crippen LogP contribution is -2.41. The quantitative estimate of drug-likeness (QED) is 0.793. The highest BCUT2D eigenvalue weighted by molar-refractivity contribution is 6.45. The van der Waals surface area contributed by atoms with Gasteiger partial charge in [0.25, 0.3) is 0 Å². The van der Waals surface area contributed by atoms with Crippen LogP contribution in [-0.4, -0.2) is 32.5 Å². The Labute approximate surface area is 121 Å². The van der Waals surface area contributed by atoms with Gasteiger partial charge < -0.3 is 18.8 Å². The topological polar surface area (TPSA) is 36.9 Å². The molecule has 1 saturated heterocycles. The number of hydrogen-bond acceptors (Lipinski definition) is 4. The second-order valence-electron chi connectivity index (χ2n) is 6.03. The molecule has 4 nitrogen and oxygen atoms in total. The number of benzene rings is 1. The zero-order valence-electron chi connectivity index (χ0n) is 13.1. The molecule has 0 amide bonds. The predicted octanol–water partition coefficient (Wildman–Crippen LogP) is 2.88. The molecule has 20 heavy (non-hydrogen) atoms. The summed E-state index contributed by atoms with van der Waals surface area (Å²) in [7, 11) is 3.01. The van der Waals surface area contributed by atoms with E-state index in [1.54, 1.807) is 14.2 Å². The van der Waals surface area contributed by atoms with Crippen LogP contribution in [0.5, 0.6) is 11.5 Å². The summed E-state index contributed by atoms with van der Waals surface area (Å²) < 4.78 is 22.9. The van der Waals surface area contributed by atoms with Gasteiger partial charge in [-0.15, -0.1) is 0 Å². The second kappa shape index (κ2) is 5.30. The van der Waals surface area contributed by atoms with E-state index in [2.05, 4.69) is 0 Å². The van der Waals surface area contributed by atoms with Crippen LogP contribution < -0.4 is 9.47 Å². The molecular weight excluding hydrogens is 255 g/mol. The number of methoxy groups -OCH3 is 2. The normalized spacial score (nSPS) is 20.0. The van der Waals surface area contributed by atoms with Crippen molar-refractivity contribution in [2.75, 3.05) is 14.2 Å². The lowest BCUT2D eigenvalue weighted by atomic mass is 9.80. The van der Waals surface area contributed by atoms with Crippen LogP contribution in [0, 0.1) is 0 Å². The van der Waals surface area contributed by atoms with Gasteiger partial charge in [-0.3, -0.25) is 0 Å². The van der Waals surface area contributed by atoms with Gasteiger partial charge in [0, 0.05) is 11.9 Å². The van der Waals surface area contributed by atoms with E-state index >= 15 is 0 Å². The largest absolute Gasteiger partial charge is 0.496 e. The molecule has 0 atom stereocenters. The molecule has 0 N–H and O–H groups in total. The third-order valence-electron chi connectivity index (χ3n) is 4.20. The minimum Gasteiger partial charge on any atom is -0.496 e. The van der Waals surface area contributed by atoms with Gasteiger partial charge in [0.1, 0.15) is 11.5 Å². The Morgan fingerprint density at radius 2 is 1.40 bits per heavy atom. The van der Waals surface area contributed by atoms with Gasteiger partial charge >= 0.3 is 7.12 Å². The van der Waals surface area contributed by atoms with Crippen LogP contribution >= 0.6 is 0 Å². The SMILES string of the molecule is COc1cccc(OC)c1CB1OC(C)(C)C(C)(C)O1. The number of rotatable bonds is 4. The summed E-state index contributed by atoms with van der Waals surface area (Å²) >= 11 is 0. The molecule has 1 fully saturated rings. The van der Waals surface area contributed by atoms with Crippen LogP contribution in [0.1, 0.15) is 33.3 Å². The Balaban J connectivity index is 2.24. The maximum atomic E-state index is 6.03. The zero-order valence-corrected chi connectivity index (χ0v) is 13.1. The van der Waals surface area contributed by atoms with Crippen LogP contribution in [0.15, 0.2) is 18.2 Å². The van der Waals surface area contributed by atoms with E-state index in [0.29, 0.717) is 6.32 Å². The molecule has 0 radical (unpaired) electrons. The fourth-order valence-corrected chi connectivity index (χ4v) is 2.34. The Kier molecular flexibility index (Phi) is 4.03. The fourth-order valence-electron chi connectivity index (χ4n) is 2.34. The predicted molar refractivity (Wildman–Crippen MR) is 79.3 cm³/mol. The molecule has 0 spiro atoms. The first-order chi connectivity index (χ1) is 9.30. The maximum Gasteiger partial charge on any atom is 0.462 e. The molecule has 0 aromatic heterocycles. The average Bonchev–Trinajstić information content (AvgIpc) is 2.57. The first-order valence-corrected chi connectivity index (χ1v) is 6.86. The molecule has 1 aromatic carbocycles. The van der Waals surface area contributed by atoms with Crippen LogP contribution in [0.25, 0.3) is 0 Å². The van der Waals surface area contributed by atoms with Crippen LogP contribution in [-0.2, 0) is 15.6 Å². The smallest absolute Gasteiger partial charge is 0.462 e. The van der Waals surface area contributed by atoms with E-state index in [1.165, 1.54) is 0 Å². The molecule has 0 unspecified atom stereocenters. The third kappa shape index (κ3) is 2.65. The molecule has 110 valence electrons. The highest BCUT2D eigenvalue weighted by Crippen LogP contribution is 2.39. The first-order valence-electron chi connectivity index (χ1n) is 6.86. The molecule has 0 bridgehead atoms. The van der Waals surface area contributed by atoms with Crippen molar-refractivity contribution in [1.82, 2.24) is 0 Å². The van der Waals surface area contributed by atoms with Crippen molar-refractivity contribution >= 4 is 7.12 Å². The van der Waals surface area contributed by atoms with Gasteiger partial charge in [0.05, 0.1) is 25.4 Å². The van der Waals surface area contributed by atoms with E-state index in [0.717, 1.165) is 17.1 Å². The van der Waals surface area contributed by atoms with Crippen LogP contribution in [0.2, 0.25) is 0 Å². The molecule has 0 aliphatic carbocycles. The number of ether oxygens (including phenoxy) is 2. The summed E-state index contributed by atoms with van der Waals surface area (Å²) in [6, 6.07) is 5.75. The third-order valence-corrected chi connectivity index (χ3v) is 4.20. The molecule has 0 saturated carbocycles. The molecular formula is C15H23BO4. The summed E-state index contributed by atoms with van der Waals surface area (Å²) in [5.74, 6) is 1.58. The molecule has 5 heteroatoms. The molecule has 1 aliphatic rings. The van der Waals surface area contributed by atoms with Crippen molar-refractivity contribution in [2.45, 2.75) is 45.2 Å². The van der Waals surface area contributed by atoms with Gasteiger partial charge in [0.2, 0.25) is 0 Å². The average molecular weight is 278 g/mol. The van der Waals surface area contributed by atoms with E-state index < -0.39 is 0 Å². The van der Waals surface area contributed by atoms with E-state index in [-0.39, 0.29) is 18.3 Å². The van der Waals surface area contributed by atoms with Gasteiger partial charge in [-0.25, -0.2) is 0 Å². The van der Waals surface area contributed by atoms with Crippen molar-refractivity contribution < 1.29 is 18.8 Å². The lowest BCUT2D eigenvalue weighted by Gasteiger charge is -2.32. The lowest BCUT2D eigenvalue weighted by molar-refractivity contribution is 0.00578. The van der Waals surface area contributed by atoms with Crippen molar-refractivity contribution in [2.24, 2.45) is 0 Å². The second-order valence-corrected chi connectivity index (χ2v) is 6.03. The first kappa shape index (κ1) is 15.2. The number of hydrogen-bond donors (Lipinski definition) is 0. The summed E-state index contributed by atoms with van der Waals surface area (Å²) in [6.45, 7) is 8.19. The van der Waals surface area contributed by atoms with Gasteiger partial charge in [-0.1, -0.05) is 6.07 Å². The fraction of sp³-hybridized carbons (Fsp3) is 0.600. The Morgan fingerprint density at radius 3 is 1.80 bits per heavy atom. The van der Waals surface area contributed by atoms with Crippen molar-refractivity contribution in [3.8, 4) is 11.5 Å². The van der Waals surface area contributed by atoms with E-state index in [9.17, 15) is 0 Å². The van der Waals surface area contributed by atoms with E-state index in [1.807, 2.05) is 45.9 Å². The summed E-state index contributed by atoms with van der Waals surface area (Å²) in [6.07, 6.45) is 0.597. The van der Waals surface area contributed by atoms with Crippen LogP contribution in [0.4, 0.5) is 0 Å². The minimum absolute atomic E-state index is 0.301. The van der Waals surface area contributed by atoms with Gasteiger partial charge in [0.15, 0.2) is 0 Å². The summed E-state index contributed by atoms with van der Waals surface area (Å²) in [5, 5.41) is 0. The van der Waals surface area contributed by atoms with Crippen molar-refractivity contribution in [3.05, 3.63) is 23.8 Å². The van der Waals surface area contributed by atoms with Crippen molar-refractivity contribution in [1.29, 1.82) is 0 Å². The molecule has 1 heterocycles. The highest BCUT2D eigenvalue weighted by atomic mass is 16.7. The highest BCUT2D eigenvalue weighted by Gasteiger charge is 2.51. The minimum atomic E-state index is -0.326. The van der Waals surface area contributed by atoms with Gasteiger partial charge in [-0.05, 0) is 39.8 Å². The molecule has 1 aromatic rings. The summed E-state index contributed by atoms with van der Waals surface area (Å²) in [5.41, 5.74) is 0.316. The van der Waals surface area contributed by atoms with E-state index in [4.69, 9.17) is 18.8 Å². The molecule has 1 aliphatic heterocycles. The molecule has 2 rings (SSSR count). The zero-order chi connectivity index (χ0) is 15.0.